The van der Waals surface area contributed by atoms with E-state index in [4.69, 9.17) is 18.9 Å². The second kappa shape index (κ2) is 9.73. The highest BCUT2D eigenvalue weighted by Crippen LogP contribution is 2.40. The smallest absolute Gasteiger partial charge is 0.322 e. The second-order valence-electron chi connectivity index (χ2n) is 8.54. The number of fused-ring (bicyclic) bond motifs is 3. The Kier molecular flexibility index (Phi) is 6.33. The Morgan fingerprint density at radius 3 is 2.22 bits per heavy atom. The van der Waals surface area contributed by atoms with E-state index in [1.165, 1.54) is 5.56 Å². The zero-order chi connectivity index (χ0) is 25.2. The average Bonchev–Trinajstić information content (AvgIpc) is 3.30. The van der Waals surface area contributed by atoms with Gasteiger partial charge in [-0.3, -0.25) is 0 Å². The van der Waals surface area contributed by atoms with Gasteiger partial charge < -0.3 is 34.1 Å². The third-order valence-electron chi connectivity index (χ3n) is 6.68. The highest BCUT2D eigenvalue weighted by atomic mass is 16.5. The van der Waals surface area contributed by atoms with E-state index in [2.05, 4.69) is 10.3 Å². The molecule has 8 heteroatoms. The first-order valence-electron chi connectivity index (χ1n) is 11.7. The molecule has 2 amide bonds. The van der Waals surface area contributed by atoms with Crippen LogP contribution in [0, 0.1) is 0 Å². The van der Waals surface area contributed by atoms with E-state index in [1.54, 1.807) is 46.6 Å². The Morgan fingerprint density at radius 2 is 1.53 bits per heavy atom. The number of methoxy groups -OCH3 is 4. The van der Waals surface area contributed by atoms with Crippen LogP contribution in [0.4, 0.5) is 10.5 Å². The Labute approximate surface area is 209 Å². The van der Waals surface area contributed by atoms with Gasteiger partial charge in [0.25, 0.3) is 0 Å². The van der Waals surface area contributed by atoms with E-state index in [-0.39, 0.29) is 12.1 Å². The number of nitrogens with zero attached hydrogens (tertiary/aromatic N) is 1. The van der Waals surface area contributed by atoms with Crippen molar-refractivity contribution in [1.82, 2.24) is 9.88 Å². The molecule has 0 spiro atoms. The monoisotopic (exact) mass is 487 g/mol. The Balaban J connectivity index is 1.56. The zero-order valence-corrected chi connectivity index (χ0v) is 20.8. The van der Waals surface area contributed by atoms with Gasteiger partial charge >= 0.3 is 6.03 Å². The number of aromatic amines is 1. The normalized spacial score (nSPS) is 14.8. The number of hydrogen-bond donors (Lipinski definition) is 2. The minimum absolute atomic E-state index is 0.221. The highest BCUT2D eigenvalue weighted by molar-refractivity contribution is 5.93. The summed E-state index contributed by atoms with van der Waals surface area (Å²) in [6.07, 6.45) is 0.711. The van der Waals surface area contributed by atoms with Crippen LogP contribution in [0.1, 0.15) is 22.9 Å². The molecule has 186 valence electrons. The number of carbonyl (C=O) groups excluding carboxylic acids is 1. The largest absolute Gasteiger partial charge is 0.497 e. The number of anilines is 1. The lowest BCUT2D eigenvalue weighted by molar-refractivity contribution is 0.193. The predicted octanol–water partition coefficient (Wildman–Crippen LogP) is 5.38. The molecule has 5 rings (SSSR count). The number of nitrogens with one attached hydrogen (secondary N) is 2. The quantitative estimate of drug-likeness (QED) is 0.381. The fraction of sp³-hybridized carbons (Fsp3) is 0.250. The highest BCUT2D eigenvalue weighted by Gasteiger charge is 2.35. The summed E-state index contributed by atoms with van der Waals surface area (Å²) in [6.45, 7) is 0.540. The number of urea groups is 1. The van der Waals surface area contributed by atoms with Crippen molar-refractivity contribution in [3.8, 4) is 23.0 Å². The van der Waals surface area contributed by atoms with Crippen LogP contribution in [0.3, 0.4) is 0 Å². The number of ether oxygens (including phenoxy) is 4. The van der Waals surface area contributed by atoms with Crippen molar-refractivity contribution in [1.29, 1.82) is 0 Å². The van der Waals surface area contributed by atoms with Crippen molar-refractivity contribution < 1.29 is 23.7 Å². The second-order valence-corrected chi connectivity index (χ2v) is 8.54. The fourth-order valence-corrected chi connectivity index (χ4v) is 4.83. The summed E-state index contributed by atoms with van der Waals surface area (Å²) in [7, 11) is 6.46. The van der Waals surface area contributed by atoms with Crippen LogP contribution in [-0.4, -0.2) is 50.9 Å². The molecule has 4 aromatic rings. The molecular weight excluding hydrogens is 458 g/mol. The molecule has 8 nitrogen and oxygen atoms in total. The maximum Gasteiger partial charge on any atom is 0.322 e. The first-order valence-corrected chi connectivity index (χ1v) is 11.7. The topological polar surface area (TPSA) is 85.1 Å². The maximum atomic E-state index is 13.7. The summed E-state index contributed by atoms with van der Waals surface area (Å²) < 4.78 is 21.6. The fourth-order valence-electron chi connectivity index (χ4n) is 4.83. The number of amides is 2. The molecule has 0 aliphatic carbocycles. The van der Waals surface area contributed by atoms with Gasteiger partial charge in [0.2, 0.25) is 0 Å². The Hall–Kier alpha value is -4.33. The molecule has 0 unspecified atom stereocenters. The third kappa shape index (κ3) is 4.15. The summed E-state index contributed by atoms with van der Waals surface area (Å²) in [5.74, 6) is 2.74. The minimum atomic E-state index is -0.317. The van der Waals surface area contributed by atoms with Crippen LogP contribution in [0.2, 0.25) is 0 Å². The van der Waals surface area contributed by atoms with Gasteiger partial charge in [0.05, 0.1) is 40.2 Å². The summed E-state index contributed by atoms with van der Waals surface area (Å²) in [4.78, 5) is 19.1. The van der Waals surface area contributed by atoms with E-state index < -0.39 is 0 Å². The number of rotatable bonds is 6. The molecule has 0 saturated heterocycles. The molecule has 0 fully saturated rings. The van der Waals surface area contributed by atoms with Crippen molar-refractivity contribution in [2.24, 2.45) is 0 Å². The first kappa shape index (κ1) is 23.4. The molecule has 3 aromatic carbocycles. The molecule has 1 aliphatic heterocycles. The van der Waals surface area contributed by atoms with Crippen molar-refractivity contribution in [2.45, 2.75) is 12.5 Å². The molecular formula is C28H29N3O5. The molecule has 0 radical (unpaired) electrons. The van der Waals surface area contributed by atoms with Crippen molar-refractivity contribution in [3.05, 3.63) is 77.5 Å². The summed E-state index contributed by atoms with van der Waals surface area (Å²) in [6, 6.07) is 18.6. The lowest BCUT2D eigenvalue weighted by Crippen LogP contribution is -2.43. The van der Waals surface area contributed by atoms with Crippen LogP contribution in [0.5, 0.6) is 23.0 Å². The van der Waals surface area contributed by atoms with Crippen molar-refractivity contribution in [2.75, 3.05) is 40.3 Å². The molecule has 36 heavy (non-hydrogen) atoms. The third-order valence-corrected chi connectivity index (χ3v) is 6.68. The van der Waals surface area contributed by atoms with Crippen molar-refractivity contribution in [3.63, 3.8) is 0 Å². The van der Waals surface area contributed by atoms with Gasteiger partial charge in [-0.05, 0) is 60.0 Å². The van der Waals surface area contributed by atoms with Gasteiger partial charge in [0.1, 0.15) is 23.0 Å². The minimum Gasteiger partial charge on any atom is -0.497 e. The molecule has 1 atom stereocenters. The van der Waals surface area contributed by atoms with Gasteiger partial charge in [-0.15, -0.1) is 0 Å². The average molecular weight is 488 g/mol. The molecule has 2 N–H and O–H groups in total. The Bertz CT molecular complexity index is 1400. The van der Waals surface area contributed by atoms with Gasteiger partial charge in [-0.25, -0.2) is 4.79 Å². The van der Waals surface area contributed by atoms with Gasteiger partial charge in [-0.2, -0.15) is 0 Å². The van der Waals surface area contributed by atoms with Crippen LogP contribution in [0.25, 0.3) is 10.9 Å². The maximum absolute atomic E-state index is 13.7. The summed E-state index contributed by atoms with van der Waals surface area (Å²) in [5.41, 5.74) is 4.75. The van der Waals surface area contributed by atoms with E-state index >= 15 is 0 Å². The van der Waals surface area contributed by atoms with E-state index in [0.717, 1.165) is 33.7 Å². The standard InChI is InChI=1S/C28H29N3O5/c1-33-18-7-5-17(6-8-18)27-26-21(22-15-19(34-2)9-11-23(22)29-26)13-14-31(27)28(32)30-24-12-10-20(35-3)16-25(24)36-4/h5-12,15-16,27,29H,13-14H2,1-4H3,(H,30,32)/t27-/m0/s1. The molecule has 1 aromatic heterocycles. The van der Waals surface area contributed by atoms with Crippen LogP contribution in [0.15, 0.2) is 60.7 Å². The van der Waals surface area contributed by atoms with E-state index in [1.807, 2.05) is 47.4 Å². The van der Waals surface area contributed by atoms with Gasteiger partial charge in [0.15, 0.2) is 0 Å². The van der Waals surface area contributed by atoms with Crippen molar-refractivity contribution >= 4 is 22.6 Å². The van der Waals surface area contributed by atoms with Crippen LogP contribution < -0.4 is 24.3 Å². The predicted molar refractivity (Wildman–Crippen MR) is 139 cm³/mol. The molecule has 0 bridgehead atoms. The van der Waals surface area contributed by atoms with Crippen LogP contribution >= 0.6 is 0 Å². The SMILES string of the molecule is COc1ccc([C@H]2c3[nH]c4ccc(OC)cc4c3CCN2C(=O)Nc2ccc(OC)cc2OC)cc1. The Morgan fingerprint density at radius 1 is 0.861 bits per heavy atom. The van der Waals surface area contributed by atoms with Gasteiger partial charge in [-0.1, -0.05) is 12.1 Å². The zero-order valence-electron chi connectivity index (χ0n) is 20.8. The molecule has 1 aliphatic rings. The number of carbonyl (C=O) groups is 1. The van der Waals surface area contributed by atoms with E-state index in [0.29, 0.717) is 30.2 Å². The van der Waals surface area contributed by atoms with Crippen LogP contribution in [-0.2, 0) is 6.42 Å². The summed E-state index contributed by atoms with van der Waals surface area (Å²) >= 11 is 0. The first-order chi connectivity index (χ1) is 17.6. The number of hydrogen-bond acceptors (Lipinski definition) is 5. The number of benzene rings is 3. The number of aromatic nitrogens is 1. The lowest BCUT2D eigenvalue weighted by Gasteiger charge is -2.36. The van der Waals surface area contributed by atoms with E-state index in [9.17, 15) is 4.79 Å². The molecule has 2 heterocycles. The summed E-state index contributed by atoms with van der Waals surface area (Å²) in [5, 5.41) is 4.15. The number of H-pyrrole nitrogens is 1. The van der Waals surface area contributed by atoms with Gasteiger partial charge in [0, 0.05) is 29.2 Å². The lowest BCUT2D eigenvalue weighted by atomic mass is 9.92. The molecule has 0 saturated carbocycles.